The van der Waals surface area contributed by atoms with Gasteiger partial charge >= 0.3 is 0 Å². The number of rotatable bonds is 5. The Morgan fingerprint density at radius 3 is 2.59 bits per heavy atom. The van der Waals surface area contributed by atoms with Gasteiger partial charge in [0.05, 0.1) is 18.5 Å². The third-order valence-electron chi connectivity index (χ3n) is 3.82. The number of nitrogens with one attached hydrogen (secondary N) is 2. The summed E-state index contributed by atoms with van der Waals surface area (Å²) in [4.78, 5) is 16.6. The summed E-state index contributed by atoms with van der Waals surface area (Å²) in [5.41, 5.74) is 1.88. The number of hydrogen-bond acceptors (Lipinski definition) is 4. The number of nitrogens with zero attached hydrogens (tertiary/aromatic N) is 1. The van der Waals surface area contributed by atoms with E-state index in [1.54, 1.807) is 12.1 Å². The normalized spacial score (nSPS) is 10.4. The minimum Gasteiger partial charge on any atom is -0.495 e. The topological polar surface area (TPSA) is 63.2 Å². The molecule has 2 N–H and O–H groups in total. The Bertz CT molecular complexity index is 993. The largest absolute Gasteiger partial charge is 0.495 e. The molecule has 0 fully saturated rings. The summed E-state index contributed by atoms with van der Waals surface area (Å²) in [7, 11) is 1.52. The summed E-state index contributed by atoms with van der Waals surface area (Å²) < 4.78 is 32.0. The molecule has 0 saturated heterocycles. The van der Waals surface area contributed by atoms with Crippen LogP contribution < -0.4 is 15.4 Å². The first-order valence-corrected chi connectivity index (χ1v) is 8.10. The van der Waals surface area contributed by atoms with Crippen molar-refractivity contribution in [3.8, 4) is 5.75 Å². The van der Waals surface area contributed by atoms with Crippen molar-refractivity contribution in [2.75, 3.05) is 17.7 Å². The van der Waals surface area contributed by atoms with E-state index in [0.717, 1.165) is 17.7 Å². The van der Waals surface area contributed by atoms with Crippen molar-refractivity contribution in [2.45, 2.75) is 6.92 Å². The lowest BCUT2D eigenvalue weighted by molar-refractivity contribution is 0.102. The molecule has 2 aromatic carbocycles. The zero-order valence-corrected chi connectivity index (χ0v) is 14.7. The number of amides is 1. The molecule has 7 heteroatoms. The van der Waals surface area contributed by atoms with Crippen molar-refractivity contribution in [3.63, 3.8) is 0 Å². The molecule has 0 aliphatic heterocycles. The van der Waals surface area contributed by atoms with E-state index in [4.69, 9.17) is 4.74 Å². The number of carbonyl (C=O) groups excluding carboxylic acids is 1. The number of anilines is 3. The van der Waals surface area contributed by atoms with Gasteiger partial charge in [0.2, 0.25) is 0 Å². The van der Waals surface area contributed by atoms with Crippen LogP contribution in [0.3, 0.4) is 0 Å². The third-order valence-corrected chi connectivity index (χ3v) is 3.82. The predicted molar refractivity (Wildman–Crippen MR) is 99.6 cm³/mol. The van der Waals surface area contributed by atoms with E-state index in [2.05, 4.69) is 15.6 Å². The zero-order valence-electron chi connectivity index (χ0n) is 14.7. The third kappa shape index (κ3) is 4.38. The number of aromatic nitrogens is 1. The van der Waals surface area contributed by atoms with Gasteiger partial charge in [-0.25, -0.2) is 13.8 Å². The van der Waals surface area contributed by atoms with Crippen LogP contribution >= 0.6 is 0 Å². The monoisotopic (exact) mass is 369 g/mol. The molecule has 0 unspecified atom stereocenters. The number of carbonyl (C=O) groups is 1. The molecule has 27 heavy (non-hydrogen) atoms. The summed E-state index contributed by atoms with van der Waals surface area (Å²) in [6.45, 7) is 1.90. The number of benzene rings is 2. The van der Waals surface area contributed by atoms with Crippen molar-refractivity contribution in [3.05, 3.63) is 77.5 Å². The smallest absolute Gasteiger partial charge is 0.255 e. The Balaban J connectivity index is 1.81. The number of halogens is 2. The Labute approximate surface area is 155 Å². The van der Waals surface area contributed by atoms with Gasteiger partial charge in [-0.05, 0) is 48.9 Å². The second kappa shape index (κ2) is 7.82. The maximum absolute atomic E-state index is 13.8. The van der Waals surface area contributed by atoms with Crippen LogP contribution in [0, 0.1) is 18.6 Å². The average Bonchev–Trinajstić information content (AvgIpc) is 2.64. The Kier molecular flexibility index (Phi) is 5.30. The molecule has 1 amide bonds. The van der Waals surface area contributed by atoms with Gasteiger partial charge in [-0.2, -0.15) is 0 Å². The van der Waals surface area contributed by atoms with Crippen LogP contribution in [0.15, 0.2) is 54.7 Å². The molecule has 3 aromatic rings. The van der Waals surface area contributed by atoms with Crippen LogP contribution in [-0.4, -0.2) is 18.0 Å². The summed E-state index contributed by atoms with van der Waals surface area (Å²) in [5, 5.41) is 5.52. The Morgan fingerprint density at radius 1 is 1.04 bits per heavy atom. The highest BCUT2D eigenvalue weighted by Gasteiger charge is 2.12. The fraction of sp³-hybridized carbons (Fsp3) is 0.100. The van der Waals surface area contributed by atoms with Crippen LogP contribution in [0.5, 0.6) is 5.75 Å². The highest BCUT2D eigenvalue weighted by molar-refractivity contribution is 6.05. The van der Waals surface area contributed by atoms with E-state index in [-0.39, 0.29) is 17.4 Å². The molecule has 0 spiro atoms. The van der Waals surface area contributed by atoms with Crippen LogP contribution in [0.4, 0.5) is 26.0 Å². The molecule has 0 atom stereocenters. The summed E-state index contributed by atoms with van der Waals surface area (Å²) in [6, 6.07) is 11.6. The van der Waals surface area contributed by atoms with E-state index in [1.807, 2.05) is 13.0 Å². The molecule has 1 aromatic heterocycles. The van der Waals surface area contributed by atoms with E-state index < -0.39 is 11.6 Å². The molecule has 0 aliphatic carbocycles. The number of ether oxygens (including phenoxy) is 1. The second-order valence-corrected chi connectivity index (χ2v) is 5.84. The lowest BCUT2D eigenvalue weighted by Gasteiger charge is -2.12. The van der Waals surface area contributed by atoms with Crippen LogP contribution in [-0.2, 0) is 0 Å². The molecule has 0 bridgehead atoms. The molecule has 138 valence electrons. The Hall–Kier alpha value is -3.48. The number of pyridine rings is 1. The molecular formula is C20H17F2N3O2. The van der Waals surface area contributed by atoms with E-state index in [9.17, 15) is 13.6 Å². The fourth-order valence-corrected chi connectivity index (χ4v) is 2.48. The zero-order chi connectivity index (χ0) is 19.4. The van der Waals surface area contributed by atoms with Gasteiger partial charge in [0, 0.05) is 17.8 Å². The molecule has 1 heterocycles. The second-order valence-electron chi connectivity index (χ2n) is 5.84. The number of hydrogen-bond donors (Lipinski definition) is 2. The minimum absolute atomic E-state index is 0.0572. The summed E-state index contributed by atoms with van der Waals surface area (Å²) in [5.74, 6) is -1.01. The van der Waals surface area contributed by atoms with E-state index >= 15 is 0 Å². The maximum Gasteiger partial charge on any atom is 0.255 e. The summed E-state index contributed by atoms with van der Waals surface area (Å²) >= 11 is 0. The van der Waals surface area contributed by atoms with Gasteiger partial charge in [0.25, 0.3) is 5.91 Å². The van der Waals surface area contributed by atoms with Crippen molar-refractivity contribution in [2.24, 2.45) is 0 Å². The molecule has 0 aliphatic rings. The van der Waals surface area contributed by atoms with Gasteiger partial charge in [0.1, 0.15) is 23.2 Å². The first kappa shape index (κ1) is 18.3. The lowest BCUT2D eigenvalue weighted by Crippen LogP contribution is -2.13. The van der Waals surface area contributed by atoms with Gasteiger partial charge < -0.3 is 15.4 Å². The van der Waals surface area contributed by atoms with Gasteiger partial charge in [0.15, 0.2) is 0 Å². The van der Waals surface area contributed by atoms with Crippen molar-refractivity contribution in [1.29, 1.82) is 0 Å². The predicted octanol–water partition coefficient (Wildman–Crippen LogP) is 4.67. The molecule has 3 rings (SSSR count). The first-order valence-electron chi connectivity index (χ1n) is 8.10. The van der Waals surface area contributed by atoms with Crippen LogP contribution in [0.1, 0.15) is 15.9 Å². The number of aryl methyl sites for hydroxylation is 1. The Morgan fingerprint density at radius 2 is 1.85 bits per heavy atom. The lowest BCUT2D eigenvalue weighted by atomic mass is 10.2. The molecule has 5 nitrogen and oxygen atoms in total. The average molecular weight is 369 g/mol. The van der Waals surface area contributed by atoms with Crippen molar-refractivity contribution >= 4 is 23.1 Å². The van der Waals surface area contributed by atoms with Gasteiger partial charge in [-0.3, -0.25) is 4.79 Å². The van der Waals surface area contributed by atoms with Crippen molar-refractivity contribution in [1.82, 2.24) is 4.98 Å². The fourth-order valence-electron chi connectivity index (χ4n) is 2.48. The van der Waals surface area contributed by atoms with Gasteiger partial charge in [-0.15, -0.1) is 0 Å². The van der Waals surface area contributed by atoms with E-state index in [0.29, 0.717) is 17.0 Å². The van der Waals surface area contributed by atoms with E-state index in [1.165, 1.54) is 31.5 Å². The van der Waals surface area contributed by atoms with Crippen molar-refractivity contribution < 1.29 is 18.3 Å². The van der Waals surface area contributed by atoms with Gasteiger partial charge in [-0.1, -0.05) is 6.07 Å². The molecule has 0 radical (unpaired) electrons. The highest BCUT2D eigenvalue weighted by Crippen LogP contribution is 2.26. The standard InChI is InChI=1S/C20H17F2N3O2/c1-12-3-6-18(27-2)17(9-12)25-20(26)13-7-8-23-19(10-13)24-16-5-4-14(21)11-15(16)22/h3-11H,1-2H3,(H,23,24)(H,25,26). The first-order chi connectivity index (χ1) is 13.0. The minimum atomic E-state index is -0.754. The quantitative estimate of drug-likeness (QED) is 0.686. The number of methoxy groups -OCH3 is 1. The van der Waals surface area contributed by atoms with Crippen LogP contribution in [0.25, 0.3) is 0 Å². The molecular weight excluding hydrogens is 352 g/mol. The molecule has 0 saturated carbocycles. The highest BCUT2D eigenvalue weighted by atomic mass is 19.1. The maximum atomic E-state index is 13.8. The SMILES string of the molecule is COc1ccc(C)cc1NC(=O)c1ccnc(Nc2ccc(F)cc2F)c1. The van der Waals surface area contributed by atoms with Crippen LogP contribution in [0.2, 0.25) is 0 Å². The summed E-state index contributed by atoms with van der Waals surface area (Å²) in [6.07, 6.45) is 1.42.